The van der Waals surface area contributed by atoms with Crippen LogP contribution < -0.4 is 5.32 Å². The average molecular weight is 333 g/mol. The Morgan fingerprint density at radius 3 is 2.77 bits per heavy atom. The van der Waals surface area contributed by atoms with Gasteiger partial charge in [0.1, 0.15) is 5.75 Å². The molecule has 0 saturated heterocycles. The van der Waals surface area contributed by atoms with E-state index < -0.39 is 0 Å². The molecule has 0 radical (unpaired) electrons. The maximum absolute atomic E-state index is 12.2. The molecule has 22 heavy (non-hydrogen) atoms. The zero-order valence-corrected chi connectivity index (χ0v) is 13.5. The summed E-state index contributed by atoms with van der Waals surface area (Å²) in [5.41, 5.74) is 3.51. The molecule has 0 bridgehead atoms. The van der Waals surface area contributed by atoms with Crippen LogP contribution in [0.15, 0.2) is 30.3 Å². The van der Waals surface area contributed by atoms with E-state index in [4.69, 9.17) is 11.6 Å². The Morgan fingerprint density at radius 1 is 1.27 bits per heavy atom. The Bertz CT molecular complexity index is 889. The zero-order valence-electron chi connectivity index (χ0n) is 12.0. The lowest BCUT2D eigenvalue weighted by Crippen LogP contribution is -2.11. The van der Waals surface area contributed by atoms with Crippen molar-refractivity contribution in [3.05, 3.63) is 52.0 Å². The number of carbonyl (C=O) groups is 1. The van der Waals surface area contributed by atoms with Gasteiger partial charge in [-0.1, -0.05) is 29.0 Å². The van der Waals surface area contributed by atoms with Crippen molar-refractivity contribution in [2.45, 2.75) is 13.8 Å². The first-order chi connectivity index (χ1) is 10.4. The van der Waals surface area contributed by atoms with Crippen LogP contribution in [-0.2, 0) is 0 Å². The average Bonchev–Trinajstić information content (AvgIpc) is 2.84. The number of nitrogens with one attached hydrogen (secondary N) is 1. The highest BCUT2D eigenvalue weighted by Gasteiger charge is 2.12. The summed E-state index contributed by atoms with van der Waals surface area (Å²) in [5.74, 6) is -0.361. The normalized spacial score (nSPS) is 10.9. The van der Waals surface area contributed by atoms with E-state index in [1.807, 2.05) is 19.9 Å². The van der Waals surface area contributed by atoms with Gasteiger partial charge in [-0.25, -0.2) is 4.98 Å². The fraction of sp³-hybridized carbons (Fsp3) is 0.125. The number of aromatic nitrogens is 1. The molecule has 112 valence electrons. The molecule has 0 aliphatic carbocycles. The zero-order chi connectivity index (χ0) is 15.9. The van der Waals surface area contributed by atoms with Gasteiger partial charge in [-0.3, -0.25) is 10.1 Å². The minimum absolute atomic E-state index is 0.0516. The summed E-state index contributed by atoms with van der Waals surface area (Å²) in [6.07, 6.45) is 0. The molecule has 1 amide bonds. The summed E-state index contributed by atoms with van der Waals surface area (Å²) in [6.45, 7) is 4.03. The first-order valence-electron chi connectivity index (χ1n) is 6.61. The summed E-state index contributed by atoms with van der Waals surface area (Å²) in [5, 5.41) is 12.8. The smallest absolute Gasteiger partial charge is 0.257 e. The lowest BCUT2D eigenvalue weighted by Gasteiger charge is -2.03. The second-order valence-electron chi connectivity index (χ2n) is 5.07. The Labute approximate surface area is 136 Å². The number of fused-ring (bicyclic) bond motifs is 1. The van der Waals surface area contributed by atoms with Crippen LogP contribution >= 0.6 is 22.9 Å². The van der Waals surface area contributed by atoms with Crippen molar-refractivity contribution in [1.82, 2.24) is 4.98 Å². The maximum atomic E-state index is 12.2. The highest BCUT2D eigenvalue weighted by atomic mass is 35.5. The number of benzene rings is 2. The molecule has 0 unspecified atom stereocenters. The number of aromatic hydroxyl groups is 1. The second-order valence-corrected chi connectivity index (χ2v) is 6.51. The number of thiazole rings is 1. The van der Waals surface area contributed by atoms with Crippen LogP contribution in [0.3, 0.4) is 0 Å². The van der Waals surface area contributed by atoms with E-state index in [9.17, 15) is 9.90 Å². The summed E-state index contributed by atoms with van der Waals surface area (Å²) >= 11 is 7.25. The van der Waals surface area contributed by atoms with Crippen molar-refractivity contribution < 1.29 is 9.90 Å². The van der Waals surface area contributed by atoms with Crippen LogP contribution in [0.5, 0.6) is 5.75 Å². The van der Waals surface area contributed by atoms with Crippen molar-refractivity contribution in [3.63, 3.8) is 0 Å². The molecule has 0 aliphatic rings. The van der Waals surface area contributed by atoms with Crippen LogP contribution in [0.4, 0.5) is 5.13 Å². The number of hydrogen-bond donors (Lipinski definition) is 2. The van der Waals surface area contributed by atoms with Crippen LogP contribution in [-0.4, -0.2) is 16.0 Å². The summed E-state index contributed by atoms with van der Waals surface area (Å²) in [4.78, 5) is 16.7. The van der Waals surface area contributed by atoms with Gasteiger partial charge in [0.25, 0.3) is 5.91 Å². The minimum Gasteiger partial charge on any atom is -0.506 e. The third-order valence-corrected chi connectivity index (χ3v) is 4.48. The predicted octanol–water partition coefficient (Wildman–Crippen LogP) is 4.52. The van der Waals surface area contributed by atoms with E-state index in [0.717, 1.165) is 21.3 Å². The van der Waals surface area contributed by atoms with E-state index >= 15 is 0 Å². The monoisotopic (exact) mass is 332 g/mol. The third kappa shape index (κ3) is 2.77. The number of hydrogen-bond acceptors (Lipinski definition) is 4. The van der Waals surface area contributed by atoms with E-state index in [1.54, 1.807) is 0 Å². The van der Waals surface area contributed by atoms with Gasteiger partial charge in [-0.15, -0.1) is 0 Å². The maximum Gasteiger partial charge on any atom is 0.257 e. The van der Waals surface area contributed by atoms with Gasteiger partial charge in [-0.05, 0) is 49.2 Å². The number of aryl methyl sites for hydroxylation is 2. The highest BCUT2D eigenvalue weighted by Crippen LogP contribution is 2.30. The molecule has 1 aromatic heterocycles. The molecule has 0 saturated carbocycles. The van der Waals surface area contributed by atoms with Crippen molar-refractivity contribution >= 4 is 44.2 Å². The molecular weight excluding hydrogens is 320 g/mol. The molecule has 0 aliphatic heterocycles. The Morgan fingerprint density at radius 2 is 2.05 bits per heavy atom. The predicted molar refractivity (Wildman–Crippen MR) is 90.2 cm³/mol. The fourth-order valence-corrected chi connectivity index (χ4v) is 3.46. The first-order valence-corrected chi connectivity index (χ1v) is 7.81. The molecule has 4 nitrogen and oxygen atoms in total. The molecule has 0 atom stereocenters. The topological polar surface area (TPSA) is 62.2 Å². The van der Waals surface area contributed by atoms with Crippen LogP contribution in [0.25, 0.3) is 10.2 Å². The standard InChI is InChI=1S/C16H13ClN2O2S/c1-8-5-9(2)14-13(6-8)22-16(18-14)19-15(21)10-3-4-12(20)11(17)7-10/h3-7,20H,1-2H3,(H,18,19,21). The number of anilines is 1. The second kappa shape index (κ2) is 5.59. The largest absolute Gasteiger partial charge is 0.506 e. The molecule has 3 aromatic rings. The molecule has 6 heteroatoms. The Hall–Kier alpha value is -2.11. The van der Waals surface area contributed by atoms with Crippen molar-refractivity contribution in [3.8, 4) is 5.75 Å². The Kier molecular flexibility index (Phi) is 3.76. The molecule has 0 spiro atoms. The quantitative estimate of drug-likeness (QED) is 0.725. The van der Waals surface area contributed by atoms with Crippen LogP contribution in [0.1, 0.15) is 21.5 Å². The summed E-state index contributed by atoms with van der Waals surface area (Å²) in [7, 11) is 0. The summed E-state index contributed by atoms with van der Waals surface area (Å²) in [6, 6.07) is 8.44. The Balaban J connectivity index is 1.90. The third-order valence-electron chi connectivity index (χ3n) is 3.26. The van der Waals surface area contributed by atoms with Crippen LogP contribution in [0.2, 0.25) is 5.02 Å². The van der Waals surface area contributed by atoms with Gasteiger partial charge in [-0.2, -0.15) is 0 Å². The van der Waals surface area contributed by atoms with Gasteiger partial charge < -0.3 is 5.11 Å². The van der Waals surface area contributed by atoms with Gasteiger partial charge >= 0.3 is 0 Å². The van der Waals surface area contributed by atoms with Crippen LogP contribution in [0, 0.1) is 13.8 Å². The van der Waals surface area contributed by atoms with Crippen molar-refractivity contribution in [2.75, 3.05) is 5.32 Å². The number of amides is 1. The number of carbonyl (C=O) groups excluding carboxylic acids is 1. The van der Waals surface area contributed by atoms with Gasteiger partial charge in [0.05, 0.1) is 15.2 Å². The number of phenols is 1. The van der Waals surface area contributed by atoms with Gasteiger partial charge in [0.15, 0.2) is 5.13 Å². The molecule has 1 heterocycles. The van der Waals surface area contributed by atoms with E-state index in [0.29, 0.717) is 10.7 Å². The molecule has 3 rings (SSSR count). The van der Waals surface area contributed by atoms with E-state index in [1.165, 1.54) is 29.5 Å². The van der Waals surface area contributed by atoms with Crippen molar-refractivity contribution in [2.24, 2.45) is 0 Å². The molecule has 2 N–H and O–H groups in total. The molecule has 0 fully saturated rings. The molecule has 2 aromatic carbocycles. The number of rotatable bonds is 2. The number of phenolic OH excluding ortho intramolecular Hbond substituents is 1. The van der Waals surface area contributed by atoms with Gasteiger partial charge in [0, 0.05) is 5.56 Å². The van der Waals surface area contributed by atoms with Gasteiger partial charge in [0.2, 0.25) is 0 Å². The highest BCUT2D eigenvalue weighted by molar-refractivity contribution is 7.22. The van der Waals surface area contributed by atoms with E-state index in [-0.39, 0.29) is 16.7 Å². The van der Waals surface area contributed by atoms with E-state index in [2.05, 4.69) is 16.4 Å². The molecular formula is C16H13ClN2O2S. The van der Waals surface area contributed by atoms with Crippen molar-refractivity contribution in [1.29, 1.82) is 0 Å². The SMILES string of the molecule is Cc1cc(C)c2nc(NC(=O)c3ccc(O)c(Cl)c3)sc2c1. The number of halogens is 1. The fourth-order valence-electron chi connectivity index (χ4n) is 2.24. The number of nitrogens with zero attached hydrogens (tertiary/aromatic N) is 1. The lowest BCUT2D eigenvalue weighted by molar-refractivity contribution is 0.102. The summed E-state index contributed by atoms with van der Waals surface area (Å²) < 4.78 is 1.04. The minimum atomic E-state index is -0.310. The first kappa shape index (κ1) is 14.8. The lowest BCUT2D eigenvalue weighted by atomic mass is 10.1.